The van der Waals surface area contributed by atoms with Gasteiger partial charge < -0.3 is 61.5 Å². The van der Waals surface area contributed by atoms with Crippen LogP contribution in [0.3, 0.4) is 0 Å². The lowest BCUT2D eigenvalue weighted by atomic mass is 9.73. The van der Waals surface area contributed by atoms with E-state index in [1.165, 1.54) is 11.8 Å². The number of hydrogen-bond acceptors (Lipinski definition) is 24. The van der Waals surface area contributed by atoms with E-state index < -0.39 is 0 Å². The smallest absolute Gasteiger partial charge is 0.212 e. The molecule has 9 aromatic heterocycles. The second-order valence-corrected chi connectivity index (χ2v) is 36.2. The Morgan fingerprint density at radius 3 is 1.22 bits per heavy atom. The quantitative estimate of drug-likeness (QED) is 0.0988. The fraction of sp³-hybridized carbons (Fsp3) is 0.458. The summed E-state index contributed by atoms with van der Waals surface area (Å²) >= 11 is 39.9. The molecule has 7 aliphatic rings. The Hall–Kier alpha value is -6.10. The number of imidazole rings is 2. The summed E-state index contributed by atoms with van der Waals surface area (Å²) < 4.78 is 31.0. The lowest BCUT2D eigenvalue weighted by Gasteiger charge is -2.41. The van der Waals surface area contributed by atoms with Crippen molar-refractivity contribution < 1.29 is 18.9 Å². The zero-order chi connectivity index (χ0) is 82.1. The van der Waals surface area contributed by atoms with Gasteiger partial charge in [0.15, 0.2) is 11.3 Å². The summed E-state index contributed by atoms with van der Waals surface area (Å²) in [6.07, 6.45) is 23.0. The van der Waals surface area contributed by atoms with Crippen molar-refractivity contribution in [2.75, 3.05) is 105 Å². The van der Waals surface area contributed by atoms with E-state index in [-0.39, 0.29) is 134 Å². The molecule has 0 amide bonds. The minimum atomic E-state index is 0. The molecule has 19 rings (SSSR count). The molecule has 8 N–H and O–H groups in total. The number of piperidine rings is 4. The Morgan fingerprint density at radius 2 is 0.805 bits per heavy atom. The van der Waals surface area contributed by atoms with Crippen molar-refractivity contribution >= 4 is 215 Å². The minimum absolute atomic E-state index is 0. The van der Waals surface area contributed by atoms with Gasteiger partial charge in [0.2, 0.25) is 23.8 Å². The number of pyridine rings is 1. The van der Waals surface area contributed by atoms with Crippen LogP contribution in [0.25, 0.3) is 56.0 Å². The molecule has 0 aliphatic carbocycles. The van der Waals surface area contributed by atoms with Gasteiger partial charge in [0.25, 0.3) is 0 Å². The van der Waals surface area contributed by atoms with Gasteiger partial charge in [0, 0.05) is 162 Å². The average molecular weight is 1930 g/mol. The number of fused-ring (bicyclic) bond motifs is 4. The number of aromatic nitrogens is 15. The average Bonchev–Trinajstić information content (AvgIpc) is 1.47. The third kappa shape index (κ3) is 19.1. The first-order chi connectivity index (χ1) is 56.2. The first kappa shape index (κ1) is 99.1. The van der Waals surface area contributed by atoms with E-state index in [9.17, 15) is 0 Å². The highest BCUT2D eigenvalue weighted by Gasteiger charge is 2.51. The van der Waals surface area contributed by atoms with E-state index in [0.717, 1.165) is 230 Å². The number of rotatable bonds is 10. The van der Waals surface area contributed by atoms with E-state index in [4.69, 9.17) is 131 Å². The van der Waals surface area contributed by atoms with E-state index in [0.29, 0.717) is 47.1 Å². The van der Waals surface area contributed by atoms with Gasteiger partial charge >= 0.3 is 0 Å². The number of nitrogens with two attached hydrogens (primary N) is 4. The number of halogens is 6. The Balaban J connectivity index is 0.000000169. The van der Waals surface area contributed by atoms with Crippen LogP contribution in [0.5, 0.6) is 5.75 Å². The molecule has 0 bridgehead atoms. The van der Waals surface area contributed by atoms with Crippen LogP contribution >= 0.6 is 162 Å². The highest BCUT2D eigenvalue weighted by Crippen LogP contribution is 2.49. The van der Waals surface area contributed by atoms with Gasteiger partial charge in [-0.05, 0) is 123 Å². The van der Waals surface area contributed by atoms with Gasteiger partial charge in [-0.1, -0.05) is 132 Å². The Labute approximate surface area is 792 Å². The number of methoxy groups -OCH3 is 1. The second kappa shape index (κ2) is 40.7. The van der Waals surface area contributed by atoms with Gasteiger partial charge in [0.05, 0.1) is 97.4 Å². The van der Waals surface area contributed by atoms with Crippen molar-refractivity contribution in [2.45, 2.75) is 153 Å². The Bertz CT molecular complexity index is 5510. The van der Waals surface area contributed by atoms with Crippen LogP contribution in [0.4, 0.5) is 29.6 Å². The lowest BCUT2D eigenvalue weighted by Crippen LogP contribution is -2.51. The third-order valence-corrected chi connectivity index (χ3v) is 29.0. The summed E-state index contributed by atoms with van der Waals surface area (Å²) in [5, 5.41) is 20.0. The number of nitrogen functional groups attached to an aromatic ring is 1. The first-order valence-corrected chi connectivity index (χ1v) is 42.8. The van der Waals surface area contributed by atoms with Gasteiger partial charge in [-0.2, -0.15) is 81.0 Å². The number of aryl methyl sites for hydroxylation is 3. The van der Waals surface area contributed by atoms with Crippen molar-refractivity contribution in [2.24, 2.45) is 38.9 Å². The number of anilines is 5. The maximum Gasteiger partial charge on any atom is 0.212 e. The van der Waals surface area contributed by atoms with Crippen molar-refractivity contribution in [1.29, 1.82) is 0 Å². The molecule has 7 fully saturated rings. The minimum Gasteiger partial charge on any atom is -0.495 e. The van der Waals surface area contributed by atoms with Gasteiger partial charge in [0.1, 0.15) is 35.5 Å². The summed E-state index contributed by atoms with van der Waals surface area (Å²) in [7, 11) is 1.62. The molecule has 664 valence electrons. The molecule has 6 atom stereocenters. The van der Waals surface area contributed by atoms with E-state index in [1.807, 2.05) is 107 Å². The number of nitrogens with zero attached hydrogens (tertiary/aromatic N) is 19. The highest BCUT2D eigenvalue weighted by molar-refractivity contribution is 7.99. The third-order valence-electron chi connectivity index (χ3n) is 25.4. The number of ether oxygens (including phenoxy) is 4. The Kier molecular flexibility index (Phi) is 32.8. The SMILES string of the molecule is CC1(C)CCN(c2ncc(Sc3ccnc(N)c3Cl)c3nncn23)CC1.COc1cccc(-c2c(C)nc(N3CCC4(CC3)CO[C@@H](C)[C@H]4N)n3ccnc23)c1Cl.Cc1nc(N2CCC3(CC2)CO[C@@H](C)[C@H]3N)n2ccnc2c1-c1cccc(Cl)c1Cl.Cc1nc(N2CCC3(CC2)CO[C@@H](C)[C@H]3N)n2cnnc2c1-c1cccc(Cl)c1Cl.S.S.S.S.S.S. The van der Waals surface area contributed by atoms with Crippen LogP contribution in [0.15, 0.2) is 120 Å². The first-order valence-electron chi connectivity index (χ1n) is 39.7. The molecule has 7 aliphatic heterocycles. The number of benzene rings is 3. The molecule has 12 aromatic rings. The maximum atomic E-state index is 6.64. The predicted octanol–water partition coefficient (Wildman–Crippen LogP) is 16.0. The van der Waals surface area contributed by atoms with Crippen LogP contribution in [0, 0.1) is 42.4 Å². The van der Waals surface area contributed by atoms with Crippen molar-refractivity contribution in [3.05, 3.63) is 158 Å². The summed E-state index contributed by atoms with van der Waals surface area (Å²) in [6, 6.07) is 19.1. The molecular formula is C83H109Cl6N23O4S7. The molecular weight excluding hydrogens is 1820 g/mol. The lowest BCUT2D eigenvalue weighted by molar-refractivity contribution is 0.0972. The molecule has 0 saturated carbocycles. The van der Waals surface area contributed by atoms with E-state index >= 15 is 0 Å². The summed E-state index contributed by atoms with van der Waals surface area (Å²) in [5.74, 6) is 4.48. The fourth-order valence-corrected chi connectivity index (χ4v) is 20.1. The van der Waals surface area contributed by atoms with E-state index in [1.54, 1.807) is 44.3 Å². The standard InChI is InChI=1S/C23H28ClN5O2.C22H25Cl2N5O.C21H24Cl2N6O.C17H20ClN7S.6H2S/c1-14-18(16-5-4-6-17(30-3)19(16)24)21-26-9-12-29(21)22(27-14)28-10-7-23(8-11-28)13-31-15(2)20(23)25;1-13-17(15-4-3-5-16(23)18(15)24)20-26-8-11-29(20)21(27-13)28-9-6-22(7-10-28)12-30-14(2)19(22)25;1-12-16(14-4-3-5-15(22)17(14)23)19-27-25-11-29(19)20(26-12)28-8-6-21(7-9-28)10-30-13(2)18(21)24;1-17(2)4-7-24(8-5-17)16-21-9-12(15-23-22-10-25(15)16)26-11-3-6-20-14(19)13(11)18;;;;;;/h4-6,9,12,15,20H,7-8,10-11,13,25H2,1-3H3;3-5,8,11,14,19H,6-7,9-10,12,25H2,1-2H3;3-5,11,13,18H,6-10,24H2,1-2H3;3,6,9-10H,4-5,7-8H2,1-2H3,(H2,19,20);6*1H2/t15-,20+;14-,19+;13-,18+;;;;;;;/m000......./s1. The fourth-order valence-electron chi connectivity index (χ4n) is 17.9. The topological polar surface area (TPSA) is 313 Å². The van der Waals surface area contributed by atoms with Crippen LogP contribution in [-0.2, 0) is 14.2 Å². The van der Waals surface area contributed by atoms with Crippen molar-refractivity contribution in [1.82, 2.24) is 72.9 Å². The molecule has 3 spiro atoms. The van der Waals surface area contributed by atoms with Crippen LogP contribution < -0.4 is 47.3 Å². The predicted molar refractivity (Wildman–Crippen MR) is 527 cm³/mol. The molecule has 16 heterocycles. The summed E-state index contributed by atoms with van der Waals surface area (Å²) in [4.78, 5) is 43.8. The van der Waals surface area contributed by atoms with Gasteiger partial charge in [-0.25, -0.2) is 39.3 Å². The summed E-state index contributed by atoms with van der Waals surface area (Å²) in [6.45, 7) is 26.3. The molecule has 123 heavy (non-hydrogen) atoms. The van der Waals surface area contributed by atoms with Crippen molar-refractivity contribution in [3.63, 3.8) is 0 Å². The normalized spacial score (nSPS) is 20.9. The van der Waals surface area contributed by atoms with E-state index in [2.05, 4.69) is 94.0 Å². The van der Waals surface area contributed by atoms with Crippen LogP contribution in [-0.4, -0.2) is 189 Å². The number of hydrogen-bond donors (Lipinski definition) is 4. The largest absolute Gasteiger partial charge is 0.495 e. The van der Waals surface area contributed by atoms with Crippen molar-refractivity contribution in [3.8, 4) is 39.1 Å². The highest BCUT2D eigenvalue weighted by atomic mass is 35.5. The molecule has 0 unspecified atom stereocenters. The monoisotopic (exact) mass is 1930 g/mol. The maximum absolute atomic E-state index is 6.64. The van der Waals surface area contributed by atoms with Gasteiger partial charge in [-0.15, -0.1) is 20.4 Å². The zero-order valence-corrected chi connectivity index (χ0v) is 81.3. The molecule has 0 radical (unpaired) electrons. The summed E-state index contributed by atoms with van der Waals surface area (Å²) in [5.41, 5.74) is 36.8. The molecule has 40 heteroatoms. The molecule has 27 nitrogen and oxygen atoms in total. The van der Waals surface area contributed by atoms with Gasteiger partial charge in [-0.3, -0.25) is 13.2 Å². The van der Waals surface area contributed by atoms with Crippen LogP contribution in [0.1, 0.15) is 103 Å². The zero-order valence-electron chi connectivity index (χ0n) is 69.9. The molecule has 7 saturated heterocycles. The molecule has 3 aromatic carbocycles. The Morgan fingerprint density at radius 1 is 0.431 bits per heavy atom. The second-order valence-electron chi connectivity index (χ2n) is 32.8. The van der Waals surface area contributed by atoms with Crippen LogP contribution in [0.2, 0.25) is 30.1 Å².